The van der Waals surface area contributed by atoms with E-state index in [1.165, 1.54) is 19.3 Å². The molecule has 17 heavy (non-hydrogen) atoms. The van der Waals surface area contributed by atoms with E-state index in [1.54, 1.807) is 0 Å². The number of nitrogens with two attached hydrogens (primary N) is 1. The highest BCUT2D eigenvalue weighted by atomic mass is 16.5. The lowest BCUT2D eigenvalue weighted by molar-refractivity contribution is -0.128. The molecular formula is C13H24N2O2. The van der Waals surface area contributed by atoms with Gasteiger partial charge in [0, 0.05) is 25.7 Å². The van der Waals surface area contributed by atoms with Crippen molar-refractivity contribution in [1.29, 1.82) is 0 Å². The Bertz CT molecular complexity index is 252. The van der Waals surface area contributed by atoms with E-state index >= 15 is 0 Å². The van der Waals surface area contributed by atoms with Gasteiger partial charge in [0.25, 0.3) is 0 Å². The Morgan fingerprint density at radius 1 is 1.18 bits per heavy atom. The van der Waals surface area contributed by atoms with Crippen molar-refractivity contribution >= 4 is 5.91 Å². The number of carbonyl (C=O) groups excluding carboxylic acids is 1. The number of carbonyl (C=O) groups is 1. The predicted octanol–water partition coefficient (Wildman–Crippen LogP) is 0.904. The summed E-state index contributed by atoms with van der Waals surface area (Å²) < 4.78 is 5.27. The van der Waals surface area contributed by atoms with Gasteiger partial charge in [0.2, 0.25) is 5.91 Å². The molecule has 0 bridgehead atoms. The Balaban J connectivity index is 1.71. The monoisotopic (exact) mass is 240 g/mol. The van der Waals surface area contributed by atoms with Crippen molar-refractivity contribution in [2.24, 2.45) is 23.5 Å². The quantitative estimate of drug-likeness (QED) is 0.767. The van der Waals surface area contributed by atoms with E-state index in [0.29, 0.717) is 11.8 Å². The van der Waals surface area contributed by atoms with Crippen LogP contribution in [0.4, 0.5) is 0 Å². The van der Waals surface area contributed by atoms with E-state index < -0.39 is 0 Å². The molecule has 0 aromatic heterocycles. The molecule has 4 nitrogen and oxygen atoms in total. The van der Waals surface area contributed by atoms with Crippen LogP contribution in [0, 0.1) is 17.8 Å². The van der Waals surface area contributed by atoms with Gasteiger partial charge in [-0.2, -0.15) is 0 Å². The van der Waals surface area contributed by atoms with E-state index in [9.17, 15) is 4.79 Å². The minimum atomic E-state index is 0.168. The summed E-state index contributed by atoms with van der Waals surface area (Å²) in [6.45, 7) is 3.04. The van der Waals surface area contributed by atoms with Crippen molar-refractivity contribution < 1.29 is 9.53 Å². The van der Waals surface area contributed by atoms with Crippen LogP contribution in [-0.4, -0.2) is 32.2 Å². The number of hydrogen-bond acceptors (Lipinski definition) is 3. The Morgan fingerprint density at radius 2 is 1.88 bits per heavy atom. The molecule has 0 aromatic carbocycles. The summed E-state index contributed by atoms with van der Waals surface area (Å²) in [7, 11) is 0. The first kappa shape index (κ1) is 12.8. The van der Waals surface area contributed by atoms with E-state index in [-0.39, 0.29) is 11.8 Å². The molecule has 4 heteroatoms. The third kappa shape index (κ3) is 3.42. The third-order valence-electron chi connectivity index (χ3n) is 4.25. The van der Waals surface area contributed by atoms with E-state index in [2.05, 4.69) is 5.32 Å². The zero-order chi connectivity index (χ0) is 12.1. The Morgan fingerprint density at radius 3 is 2.59 bits per heavy atom. The number of hydrogen-bond donors (Lipinski definition) is 2. The average molecular weight is 240 g/mol. The highest BCUT2D eigenvalue weighted by Gasteiger charge is 2.27. The molecule has 0 aromatic rings. The summed E-state index contributed by atoms with van der Waals surface area (Å²) in [5.41, 5.74) is 5.74. The van der Waals surface area contributed by atoms with Crippen LogP contribution in [0.1, 0.15) is 32.1 Å². The van der Waals surface area contributed by atoms with Crippen LogP contribution in [-0.2, 0) is 9.53 Å². The molecule has 3 N–H and O–H groups in total. The minimum Gasteiger partial charge on any atom is -0.381 e. The summed E-state index contributed by atoms with van der Waals surface area (Å²) in [5, 5.41) is 3.11. The van der Waals surface area contributed by atoms with Gasteiger partial charge in [-0.05, 0) is 44.1 Å². The second kappa shape index (κ2) is 6.36. The first-order chi connectivity index (χ1) is 8.31. The molecule has 2 fully saturated rings. The number of ether oxygens (including phenoxy) is 1. The van der Waals surface area contributed by atoms with Gasteiger partial charge in [-0.1, -0.05) is 6.42 Å². The first-order valence-electron chi connectivity index (χ1n) is 6.86. The van der Waals surface area contributed by atoms with Crippen LogP contribution in [0.5, 0.6) is 0 Å². The van der Waals surface area contributed by atoms with Gasteiger partial charge in [0.15, 0.2) is 0 Å². The van der Waals surface area contributed by atoms with Crippen LogP contribution >= 0.6 is 0 Å². The lowest BCUT2D eigenvalue weighted by Gasteiger charge is -2.23. The summed E-state index contributed by atoms with van der Waals surface area (Å²) in [4.78, 5) is 12.0. The molecule has 1 aliphatic carbocycles. The van der Waals surface area contributed by atoms with Gasteiger partial charge >= 0.3 is 0 Å². The second-order valence-corrected chi connectivity index (χ2v) is 5.32. The Labute approximate surface area is 103 Å². The van der Waals surface area contributed by atoms with Crippen molar-refractivity contribution in [2.75, 3.05) is 26.3 Å². The molecule has 1 aliphatic heterocycles. The van der Waals surface area contributed by atoms with E-state index in [0.717, 1.165) is 39.1 Å². The molecule has 1 heterocycles. The summed E-state index contributed by atoms with van der Waals surface area (Å²) >= 11 is 0. The molecule has 2 atom stereocenters. The zero-order valence-electron chi connectivity index (χ0n) is 10.5. The molecule has 2 aliphatic rings. The molecule has 2 unspecified atom stereocenters. The fraction of sp³-hybridized carbons (Fsp3) is 0.923. The Kier molecular flexibility index (Phi) is 4.80. The smallest absolute Gasteiger partial charge is 0.223 e. The maximum absolute atomic E-state index is 12.0. The van der Waals surface area contributed by atoms with Gasteiger partial charge in [0.05, 0.1) is 0 Å². The standard InChI is InChI=1S/C13H24N2O2/c14-8-11-2-1-3-12(11)9-15-13(16)10-4-6-17-7-5-10/h10-12H,1-9,14H2,(H,15,16). The Hall–Kier alpha value is -0.610. The predicted molar refractivity (Wildman–Crippen MR) is 66.4 cm³/mol. The highest BCUT2D eigenvalue weighted by molar-refractivity contribution is 5.78. The van der Waals surface area contributed by atoms with Gasteiger partial charge in [-0.15, -0.1) is 0 Å². The van der Waals surface area contributed by atoms with Gasteiger partial charge < -0.3 is 15.8 Å². The number of rotatable bonds is 4. The average Bonchev–Trinajstić information content (AvgIpc) is 2.84. The van der Waals surface area contributed by atoms with Crippen molar-refractivity contribution in [2.45, 2.75) is 32.1 Å². The summed E-state index contributed by atoms with van der Waals surface area (Å²) in [6.07, 6.45) is 5.46. The number of nitrogens with one attached hydrogen (secondary N) is 1. The molecule has 0 radical (unpaired) electrons. The molecule has 2 rings (SSSR count). The van der Waals surface area contributed by atoms with Crippen LogP contribution < -0.4 is 11.1 Å². The van der Waals surface area contributed by atoms with Crippen LogP contribution in [0.2, 0.25) is 0 Å². The molecule has 1 amide bonds. The highest BCUT2D eigenvalue weighted by Crippen LogP contribution is 2.30. The van der Waals surface area contributed by atoms with Crippen LogP contribution in [0.15, 0.2) is 0 Å². The maximum atomic E-state index is 12.0. The fourth-order valence-electron chi connectivity index (χ4n) is 3.03. The summed E-state index contributed by atoms with van der Waals surface area (Å²) in [6, 6.07) is 0. The van der Waals surface area contributed by atoms with Gasteiger partial charge in [0.1, 0.15) is 0 Å². The molecular weight excluding hydrogens is 216 g/mol. The lowest BCUT2D eigenvalue weighted by atomic mass is 9.95. The van der Waals surface area contributed by atoms with Crippen molar-refractivity contribution in [3.63, 3.8) is 0 Å². The third-order valence-corrected chi connectivity index (χ3v) is 4.25. The molecule has 0 spiro atoms. The van der Waals surface area contributed by atoms with Crippen LogP contribution in [0.25, 0.3) is 0 Å². The van der Waals surface area contributed by atoms with Crippen molar-refractivity contribution in [1.82, 2.24) is 5.32 Å². The largest absolute Gasteiger partial charge is 0.381 e. The van der Waals surface area contributed by atoms with E-state index in [4.69, 9.17) is 10.5 Å². The summed E-state index contributed by atoms with van der Waals surface area (Å²) in [5.74, 6) is 1.60. The normalized spacial score (nSPS) is 30.4. The van der Waals surface area contributed by atoms with Gasteiger partial charge in [-0.3, -0.25) is 4.79 Å². The lowest BCUT2D eigenvalue weighted by Crippen LogP contribution is -2.38. The van der Waals surface area contributed by atoms with Gasteiger partial charge in [-0.25, -0.2) is 0 Å². The molecule has 98 valence electrons. The molecule has 1 saturated carbocycles. The minimum absolute atomic E-state index is 0.168. The molecule has 1 saturated heterocycles. The van der Waals surface area contributed by atoms with E-state index in [1.807, 2.05) is 0 Å². The maximum Gasteiger partial charge on any atom is 0.223 e. The van der Waals surface area contributed by atoms with Crippen LogP contribution in [0.3, 0.4) is 0 Å². The van der Waals surface area contributed by atoms with Crippen molar-refractivity contribution in [3.05, 3.63) is 0 Å². The van der Waals surface area contributed by atoms with Crippen molar-refractivity contribution in [3.8, 4) is 0 Å². The first-order valence-corrected chi connectivity index (χ1v) is 6.86. The SMILES string of the molecule is NCC1CCCC1CNC(=O)C1CCOCC1. The fourth-order valence-corrected chi connectivity index (χ4v) is 3.03. The number of amides is 1. The topological polar surface area (TPSA) is 64.3 Å². The zero-order valence-corrected chi connectivity index (χ0v) is 10.5. The second-order valence-electron chi connectivity index (χ2n) is 5.32.